The highest BCUT2D eigenvalue weighted by Crippen LogP contribution is 2.37. The first-order valence-electron chi connectivity index (χ1n) is 10.2. The zero-order valence-corrected chi connectivity index (χ0v) is 18.3. The van der Waals surface area contributed by atoms with E-state index in [2.05, 4.69) is 10.6 Å². The van der Waals surface area contributed by atoms with Crippen molar-refractivity contribution in [3.8, 4) is 11.5 Å². The number of furan rings is 1. The molecule has 0 N–H and O–H groups in total. The molecule has 7 heteroatoms. The van der Waals surface area contributed by atoms with Crippen molar-refractivity contribution in [2.24, 2.45) is 0 Å². The summed E-state index contributed by atoms with van der Waals surface area (Å²) in [5, 5.41) is 0. The van der Waals surface area contributed by atoms with Crippen LogP contribution in [0, 0.1) is 0 Å². The van der Waals surface area contributed by atoms with E-state index in [-0.39, 0.29) is 23.9 Å². The van der Waals surface area contributed by atoms with E-state index in [9.17, 15) is 9.59 Å². The standard InChI is InChI=1S/C24H26N2O5/c1-15-11-17(16-5-6-20(29-3)21(13-16)30-4)23-18(19(27)12-15)14-22(31-23)24(28)26-9-7-25(2)8-10-26/h5-6,13-14H,7-10,12H2,1-4H3. The second-order valence-electron chi connectivity index (χ2n) is 7.90. The van der Waals surface area contributed by atoms with Crippen LogP contribution in [0.25, 0.3) is 5.57 Å². The molecule has 1 amide bonds. The molecule has 1 aliphatic carbocycles. The number of ketones is 1. The molecule has 1 saturated heterocycles. The van der Waals surface area contributed by atoms with Crippen molar-refractivity contribution in [3.05, 3.63) is 58.2 Å². The first-order valence-corrected chi connectivity index (χ1v) is 10.2. The van der Waals surface area contributed by atoms with Gasteiger partial charge in [-0.15, -0.1) is 5.73 Å². The molecule has 2 aliphatic rings. The van der Waals surface area contributed by atoms with Crippen molar-refractivity contribution >= 4 is 17.3 Å². The van der Waals surface area contributed by atoms with Crippen molar-refractivity contribution in [1.29, 1.82) is 0 Å². The molecular formula is C24H26N2O5. The van der Waals surface area contributed by atoms with Gasteiger partial charge in [0.25, 0.3) is 5.91 Å². The van der Waals surface area contributed by atoms with Gasteiger partial charge in [-0.25, -0.2) is 0 Å². The minimum Gasteiger partial charge on any atom is -0.493 e. The van der Waals surface area contributed by atoms with Gasteiger partial charge in [0.05, 0.1) is 25.4 Å². The Balaban J connectivity index is 1.77. The van der Waals surface area contributed by atoms with Crippen LogP contribution in [0.15, 0.2) is 40.0 Å². The molecule has 1 aliphatic heterocycles. The lowest BCUT2D eigenvalue weighted by atomic mass is 10.0. The highest BCUT2D eigenvalue weighted by atomic mass is 16.5. The molecule has 1 aromatic heterocycles. The number of ether oxygens (including phenoxy) is 2. The Kier molecular flexibility index (Phi) is 5.72. The van der Waals surface area contributed by atoms with Crippen molar-refractivity contribution in [1.82, 2.24) is 9.80 Å². The molecule has 7 nitrogen and oxygen atoms in total. The fraction of sp³-hybridized carbons (Fsp3) is 0.375. The summed E-state index contributed by atoms with van der Waals surface area (Å²) in [6, 6.07) is 7.06. The number of methoxy groups -OCH3 is 2. The summed E-state index contributed by atoms with van der Waals surface area (Å²) < 4.78 is 16.8. The van der Waals surface area contributed by atoms with Gasteiger partial charge in [-0.2, -0.15) is 0 Å². The van der Waals surface area contributed by atoms with E-state index < -0.39 is 0 Å². The van der Waals surface area contributed by atoms with Crippen LogP contribution in [-0.4, -0.2) is 68.9 Å². The van der Waals surface area contributed by atoms with Crippen LogP contribution < -0.4 is 9.47 Å². The fourth-order valence-electron chi connectivity index (χ4n) is 3.90. The number of carbonyl (C=O) groups excluding carboxylic acids is 2. The van der Waals surface area contributed by atoms with E-state index in [1.54, 1.807) is 31.3 Å². The van der Waals surface area contributed by atoms with Gasteiger partial charge >= 0.3 is 0 Å². The third-order valence-corrected chi connectivity index (χ3v) is 5.70. The predicted octanol–water partition coefficient (Wildman–Crippen LogP) is 3.25. The molecule has 2 heterocycles. The summed E-state index contributed by atoms with van der Waals surface area (Å²) in [7, 11) is 5.18. The normalized spacial score (nSPS) is 16.9. The summed E-state index contributed by atoms with van der Waals surface area (Å²) in [6.07, 6.45) is 0.228. The summed E-state index contributed by atoms with van der Waals surface area (Å²) in [4.78, 5) is 29.8. The zero-order chi connectivity index (χ0) is 22.1. The van der Waals surface area contributed by atoms with Gasteiger partial charge in [-0.3, -0.25) is 9.59 Å². The topological polar surface area (TPSA) is 72.2 Å². The van der Waals surface area contributed by atoms with E-state index in [1.807, 2.05) is 26.1 Å². The minimum atomic E-state index is -0.193. The zero-order valence-electron chi connectivity index (χ0n) is 18.3. The van der Waals surface area contributed by atoms with E-state index in [0.29, 0.717) is 41.5 Å². The second kappa shape index (κ2) is 8.46. The number of piperazine rings is 1. The van der Waals surface area contributed by atoms with Crippen molar-refractivity contribution in [3.63, 3.8) is 0 Å². The summed E-state index contributed by atoms with van der Waals surface area (Å²) >= 11 is 0. The smallest absolute Gasteiger partial charge is 0.289 e. The molecule has 1 aromatic carbocycles. The average molecular weight is 422 g/mol. The highest BCUT2D eigenvalue weighted by Gasteiger charge is 2.30. The molecule has 31 heavy (non-hydrogen) atoms. The van der Waals surface area contributed by atoms with E-state index in [1.165, 1.54) is 0 Å². The summed E-state index contributed by atoms with van der Waals surface area (Å²) in [6.45, 7) is 4.74. The van der Waals surface area contributed by atoms with Crippen molar-refractivity contribution in [2.75, 3.05) is 47.4 Å². The number of rotatable bonds is 4. The van der Waals surface area contributed by atoms with Gasteiger partial charge in [-0.05, 0) is 43.3 Å². The molecule has 1 fully saturated rings. The van der Waals surface area contributed by atoms with Crippen molar-refractivity contribution < 1.29 is 23.5 Å². The maximum atomic E-state index is 13.0. The minimum absolute atomic E-state index is 0.0864. The van der Waals surface area contributed by atoms with Gasteiger partial charge in [-0.1, -0.05) is 0 Å². The summed E-state index contributed by atoms with van der Waals surface area (Å²) in [5.74, 6) is 1.43. The first kappa shape index (κ1) is 21.0. The molecule has 0 radical (unpaired) electrons. The van der Waals surface area contributed by atoms with Crippen LogP contribution in [0.2, 0.25) is 0 Å². The number of likely N-dealkylation sites (N-methyl/N-ethyl adjacent to an activating group) is 1. The summed E-state index contributed by atoms with van der Waals surface area (Å²) in [5.41, 5.74) is 5.89. The van der Waals surface area contributed by atoms with Gasteiger partial charge in [0.15, 0.2) is 28.8 Å². The van der Waals surface area contributed by atoms with Gasteiger partial charge < -0.3 is 23.7 Å². The number of hydrogen-bond acceptors (Lipinski definition) is 6. The number of amides is 1. The van der Waals surface area contributed by atoms with E-state index in [0.717, 1.165) is 24.2 Å². The maximum absolute atomic E-state index is 13.0. The number of hydrogen-bond donors (Lipinski definition) is 0. The van der Waals surface area contributed by atoms with Crippen LogP contribution in [0.5, 0.6) is 11.5 Å². The first-order chi connectivity index (χ1) is 14.9. The van der Waals surface area contributed by atoms with Crippen LogP contribution in [0.1, 0.15) is 45.6 Å². The van der Waals surface area contributed by atoms with Crippen molar-refractivity contribution in [2.45, 2.75) is 13.3 Å². The van der Waals surface area contributed by atoms with Crippen LogP contribution in [0.3, 0.4) is 0 Å². The fourth-order valence-corrected chi connectivity index (χ4v) is 3.90. The Morgan fingerprint density at radius 3 is 2.45 bits per heavy atom. The predicted molar refractivity (Wildman–Crippen MR) is 116 cm³/mol. The number of carbonyl (C=O) groups is 2. The van der Waals surface area contributed by atoms with E-state index in [4.69, 9.17) is 13.9 Å². The molecule has 162 valence electrons. The number of nitrogens with zero attached hydrogens (tertiary/aromatic N) is 2. The lowest BCUT2D eigenvalue weighted by molar-refractivity contribution is 0.0632. The molecule has 2 aromatic rings. The number of benzene rings is 1. The maximum Gasteiger partial charge on any atom is 0.289 e. The highest BCUT2D eigenvalue weighted by molar-refractivity contribution is 6.06. The third kappa shape index (κ3) is 4.02. The van der Waals surface area contributed by atoms with Gasteiger partial charge in [0.2, 0.25) is 0 Å². The molecule has 0 atom stereocenters. The lowest BCUT2D eigenvalue weighted by Crippen LogP contribution is -2.47. The SMILES string of the molecule is COc1ccc(C2=C=C(C)CC(=O)c3cc(C(=O)N4CCN(C)CC4)oc32)cc1OC. The van der Waals surface area contributed by atoms with Crippen LogP contribution in [0.4, 0.5) is 0 Å². The molecular weight excluding hydrogens is 396 g/mol. The molecule has 0 bridgehead atoms. The quantitative estimate of drug-likeness (QED) is 0.705. The Bertz CT molecular complexity index is 1100. The molecule has 4 rings (SSSR count). The Hall–Kier alpha value is -3.28. The lowest BCUT2D eigenvalue weighted by Gasteiger charge is -2.31. The largest absolute Gasteiger partial charge is 0.493 e. The Labute approximate surface area is 181 Å². The monoisotopic (exact) mass is 422 g/mol. The van der Waals surface area contributed by atoms with E-state index >= 15 is 0 Å². The Morgan fingerprint density at radius 2 is 1.77 bits per heavy atom. The number of allylic oxidation sites excluding steroid dienone is 1. The average Bonchev–Trinajstić information content (AvgIpc) is 3.18. The van der Waals surface area contributed by atoms with Gasteiger partial charge in [0.1, 0.15) is 0 Å². The number of fused-ring (bicyclic) bond motifs is 1. The third-order valence-electron chi connectivity index (χ3n) is 5.70. The molecule has 0 unspecified atom stereocenters. The molecule has 0 saturated carbocycles. The van der Waals surface area contributed by atoms with Gasteiger partial charge in [0, 0.05) is 38.7 Å². The second-order valence-corrected chi connectivity index (χ2v) is 7.90. The number of Topliss-reactive ketones (excluding diaryl/α,β-unsaturated/α-hetero) is 1. The van der Waals surface area contributed by atoms with Crippen LogP contribution in [-0.2, 0) is 0 Å². The molecule has 0 spiro atoms. The van der Waals surface area contributed by atoms with Crippen LogP contribution >= 0.6 is 0 Å². The Morgan fingerprint density at radius 1 is 1.06 bits per heavy atom.